The van der Waals surface area contributed by atoms with Gasteiger partial charge in [-0.05, 0) is 0 Å². The van der Waals surface area contributed by atoms with Gasteiger partial charge in [0.1, 0.15) is 0 Å². The minimum absolute atomic E-state index is 0.419. The number of rotatable bonds is 15. The van der Waals surface area contributed by atoms with Crippen LogP contribution in [0.3, 0.4) is 0 Å². The molecule has 1 aromatic rings. The molecule has 0 spiro atoms. The average Bonchev–Trinajstić information content (AvgIpc) is 2.78. The third-order valence-electron chi connectivity index (χ3n) is 7.32. The maximum atomic E-state index is 9.94. The molecule has 0 bridgehead atoms. The number of benzene rings is 1. The number of nitrogens with zero attached hydrogens (tertiary/aromatic N) is 1. The van der Waals surface area contributed by atoms with Gasteiger partial charge in [0.15, 0.2) is 0 Å². The molecule has 0 aliphatic heterocycles. The molecule has 2 rings (SSSR count). The molecule has 0 heterocycles. The van der Waals surface area contributed by atoms with Crippen LogP contribution in [0.25, 0.3) is 0 Å². The van der Waals surface area contributed by atoms with Gasteiger partial charge in [-0.3, -0.25) is 0 Å². The van der Waals surface area contributed by atoms with Gasteiger partial charge in [0.2, 0.25) is 0 Å². The predicted octanol–water partition coefficient (Wildman–Crippen LogP) is 7.91. The van der Waals surface area contributed by atoms with Crippen molar-refractivity contribution in [3.05, 3.63) is 39.5 Å². The molecule has 1 aliphatic carbocycles. The molecule has 0 radical (unpaired) electrons. The minimum atomic E-state index is -2.18. The second-order valence-corrected chi connectivity index (χ2v) is 22.9. The van der Waals surface area contributed by atoms with Gasteiger partial charge in [-0.25, -0.2) is 0 Å². The average molecular weight is 534 g/mol. The molecule has 0 saturated heterocycles. The first-order valence-corrected chi connectivity index (χ1v) is 21.0. The first-order chi connectivity index (χ1) is 15.1. The van der Waals surface area contributed by atoms with Gasteiger partial charge < -0.3 is 0 Å². The molecule has 0 fully saturated rings. The van der Waals surface area contributed by atoms with Crippen molar-refractivity contribution in [1.29, 1.82) is 0 Å². The molecule has 1 N–H and O–H groups in total. The molecule has 0 amide bonds. The Balaban J connectivity index is 2.10. The molecule has 31 heavy (non-hydrogen) atoms. The normalized spacial score (nSPS) is 16.9. The quantitative estimate of drug-likeness (QED) is 0.231. The second-order valence-electron chi connectivity index (χ2n) is 9.92. The van der Waals surface area contributed by atoms with Crippen LogP contribution >= 0.6 is 0 Å². The number of hydrogen-bond acceptors (Lipinski definition) is 2. The number of fused-ring (bicyclic) bond motifs is 1. The molecule has 176 valence electrons. The van der Waals surface area contributed by atoms with Crippen LogP contribution in [-0.4, -0.2) is 47.5 Å². The summed E-state index contributed by atoms with van der Waals surface area (Å²) < 4.78 is 7.53. The van der Waals surface area contributed by atoms with Crippen molar-refractivity contribution in [2.75, 3.05) is 13.1 Å². The Kier molecular flexibility index (Phi) is 12.6. The third-order valence-corrected chi connectivity index (χ3v) is 21.6. The summed E-state index contributed by atoms with van der Waals surface area (Å²) >= 11 is -2.18. The van der Waals surface area contributed by atoms with Crippen molar-refractivity contribution >= 4 is 18.4 Å². The summed E-state index contributed by atoms with van der Waals surface area (Å²) in [6.07, 6.45) is 15.7. The van der Waals surface area contributed by atoms with Crippen molar-refractivity contribution in [3.8, 4) is 5.75 Å². The van der Waals surface area contributed by atoms with E-state index in [0.717, 1.165) is 19.4 Å². The van der Waals surface area contributed by atoms with Crippen molar-refractivity contribution in [2.45, 2.75) is 111 Å². The topological polar surface area (TPSA) is 23.5 Å². The zero-order valence-electron chi connectivity index (χ0n) is 21.0. The standard InChI is InChI=1S/C16H22NO.3C4H9.Sn/c1-3-9-17(10-4-2)15-7-5-13-6-8-16(18)12-14(13)11-15;3*1-3-4-2;/h1,3,6,8,12,15,18H,4-5,7,9-11H2,2H3;3*1,3-4H2,2H3;/t15-;;;;/m0..../s1. The zero-order valence-corrected chi connectivity index (χ0v) is 23.8. The van der Waals surface area contributed by atoms with Gasteiger partial charge in [-0.1, -0.05) is 0 Å². The van der Waals surface area contributed by atoms with Crippen LogP contribution in [0.15, 0.2) is 28.4 Å². The monoisotopic (exact) mass is 535 g/mol. The van der Waals surface area contributed by atoms with E-state index < -0.39 is 18.4 Å². The molecule has 0 saturated carbocycles. The summed E-state index contributed by atoms with van der Waals surface area (Å²) in [4.78, 5) is 2.74. The van der Waals surface area contributed by atoms with Crippen LogP contribution in [0.5, 0.6) is 5.75 Å². The van der Waals surface area contributed by atoms with E-state index in [1.54, 1.807) is 13.3 Å². The van der Waals surface area contributed by atoms with Crippen LogP contribution in [-0.2, 0) is 12.8 Å². The van der Waals surface area contributed by atoms with E-state index in [0.29, 0.717) is 11.8 Å². The van der Waals surface area contributed by atoms with Crippen LogP contribution in [0.1, 0.15) is 90.2 Å². The summed E-state index contributed by atoms with van der Waals surface area (Å²) in [7, 11) is 0. The number of phenolic OH excluding ortho intramolecular Hbond substituents is 1. The van der Waals surface area contributed by atoms with Gasteiger partial charge in [0.05, 0.1) is 0 Å². The summed E-state index contributed by atoms with van der Waals surface area (Å²) in [5, 5.41) is 9.94. The number of phenols is 1. The number of hydrogen-bond donors (Lipinski definition) is 1. The van der Waals surface area contributed by atoms with Crippen LogP contribution < -0.4 is 0 Å². The Labute approximate surface area is 197 Å². The third kappa shape index (κ3) is 8.76. The predicted molar refractivity (Wildman–Crippen MR) is 140 cm³/mol. The van der Waals surface area contributed by atoms with Crippen molar-refractivity contribution in [2.24, 2.45) is 0 Å². The Morgan fingerprint density at radius 3 is 2.16 bits per heavy atom. The van der Waals surface area contributed by atoms with Gasteiger partial charge in [0.25, 0.3) is 0 Å². The number of aromatic hydroxyl groups is 1. The fourth-order valence-electron chi connectivity index (χ4n) is 5.40. The van der Waals surface area contributed by atoms with E-state index in [1.807, 2.05) is 12.1 Å². The Morgan fingerprint density at radius 2 is 1.58 bits per heavy atom. The molecule has 0 unspecified atom stereocenters. The van der Waals surface area contributed by atoms with Crippen LogP contribution in [0.4, 0.5) is 0 Å². The summed E-state index contributed by atoms with van der Waals surface area (Å²) in [6.45, 7) is 11.7. The molecule has 1 aliphatic rings. The zero-order chi connectivity index (χ0) is 22.5. The van der Waals surface area contributed by atoms with Gasteiger partial charge in [-0.2, -0.15) is 0 Å². The molecule has 2 nitrogen and oxygen atoms in total. The van der Waals surface area contributed by atoms with E-state index >= 15 is 0 Å². The second kappa shape index (κ2) is 14.6. The summed E-state index contributed by atoms with van der Waals surface area (Å²) in [6, 6.07) is 6.60. The van der Waals surface area contributed by atoms with E-state index in [1.165, 1.54) is 69.0 Å². The fraction of sp³-hybridized carbons (Fsp3) is 0.714. The van der Waals surface area contributed by atoms with E-state index in [4.69, 9.17) is 0 Å². The molecule has 3 heteroatoms. The Hall–Kier alpha value is -0.481. The molecule has 0 aromatic heterocycles. The van der Waals surface area contributed by atoms with Gasteiger partial charge >= 0.3 is 198 Å². The SMILES string of the molecule is CCC[CH2][Sn](/[CH]=C/CN(CCC)[C@H]1CCc2ccc(O)cc2C1)([CH2]CCC)[CH2]CCC. The number of aryl methyl sites for hydroxylation is 1. The van der Waals surface area contributed by atoms with E-state index in [-0.39, 0.29) is 0 Å². The number of unbranched alkanes of at least 4 members (excludes halogenated alkanes) is 3. The van der Waals surface area contributed by atoms with Crippen LogP contribution in [0, 0.1) is 0 Å². The molecular formula is C28H49NOSn. The first-order valence-electron chi connectivity index (χ1n) is 13.3. The van der Waals surface area contributed by atoms with Gasteiger partial charge in [-0.15, -0.1) is 0 Å². The molecule has 1 atom stereocenters. The first kappa shape index (κ1) is 26.8. The summed E-state index contributed by atoms with van der Waals surface area (Å²) in [5.41, 5.74) is 2.80. The maximum absolute atomic E-state index is 9.94. The fourth-order valence-corrected chi connectivity index (χ4v) is 19.7. The van der Waals surface area contributed by atoms with E-state index in [9.17, 15) is 5.11 Å². The summed E-state index contributed by atoms with van der Waals surface area (Å²) in [5.74, 6) is 0.419. The van der Waals surface area contributed by atoms with E-state index in [2.05, 4.69) is 48.8 Å². The molecule has 1 aromatic carbocycles. The Bertz CT molecular complexity index is 635. The van der Waals surface area contributed by atoms with Crippen molar-refractivity contribution in [3.63, 3.8) is 0 Å². The van der Waals surface area contributed by atoms with Crippen molar-refractivity contribution < 1.29 is 5.11 Å². The molecular weight excluding hydrogens is 485 g/mol. The van der Waals surface area contributed by atoms with Crippen molar-refractivity contribution in [1.82, 2.24) is 4.90 Å². The van der Waals surface area contributed by atoms with Crippen LogP contribution in [0.2, 0.25) is 13.3 Å². The Morgan fingerprint density at radius 1 is 0.935 bits per heavy atom. The van der Waals surface area contributed by atoms with Gasteiger partial charge in [0, 0.05) is 0 Å².